The molecule has 0 unspecified atom stereocenters. The molecular formula is C31H41FN6O5S. The first-order chi connectivity index (χ1) is 21.0. The van der Waals surface area contributed by atoms with Crippen molar-refractivity contribution < 1.29 is 28.4 Å². The van der Waals surface area contributed by atoms with Gasteiger partial charge >= 0.3 is 0 Å². The van der Waals surface area contributed by atoms with Crippen LogP contribution in [-0.2, 0) is 25.6 Å². The summed E-state index contributed by atoms with van der Waals surface area (Å²) < 4.78 is 13.2. The maximum atomic E-state index is 13.6. The van der Waals surface area contributed by atoms with E-state index >= 15 is 0 Å². The standard InChI is InChI=1S/C31H41FN6O5S/c1-20-25-17-26(39)34-24(6-4-5-13-33-30(43)21-7-9-23(32)10-8-21)16-27(40)38(18-28(41)36(2)3)19-29(42)37-14-11-22(12-15-37)31(35-25)44-20/h7-10,22,24H,4-6,11-19H2,1-3H3,(H,33,43)(H,34,39)/t24-/m0/s1. The number of nitrogens with zero attached hydrogens (tertiary/aromatic N) is 4. The lowest BCUT2D eigenvalue weighted by atomic mass is 9.97. The molecule has 1 saturated heterocycles. The third kappa shape index (κ3) is 9.07. The van der Waals surface area contributed by atoms with Crippen molar-refractivity contribution in [2.75, 3.05) is 46.8 Å². The molecular weight excluding hydrogens is 587 g/mol. The number of aromatic nitrogens is 1. The fraction of sp³-hybridized carbons (Fsp3) is 0.548. The molecule has 4 heterocycles. The van der Waals surface area contributed by atoms with E-state index in [1.165, 1.54) is 34.1 Å². The highest BCUT2D eigenvalue weighted by Crippen LogP contribution is 2.33. The molecule has 2 N–H and O–H groups in total. The van der Waals surface area contributed by atoms with Crippen LogP contribution in [0, 0.1) is 12.7 Å². The summed E-state index contributed by atoms with van der Waals surface area (Å²) >= 11 is 1.59. The molecule has 13 heteroatoms. The first-order valence-corrected chi connectivity index (χ1v) is 15.9. The smallest absolute Gasteiger partial charge is 0.251 e. The lowest BCUT2D eigenvalue weighted by Gasteiger charge is -2.33. The van der Waals surface area contributed by atoms with Crippen molar-refractivity contribution in [3.05, 3.63) is 51.2 Å². The Labute approximate surface area is 261 Å². The molecule has 1 atom stereocenters. The van der Waals surface area contributed by atoms with E-state index in [-0.39, 0.29) is 55.5 Å². The van der Waals surface area contributed by atoms with Gasteiger partial charge in [0.25, 0.3) is 5.91 Å². The highest BCUT2D eigenvalue weighted by Gasteiger charge is 2.31. The maximum Gasteiger partial charge on any atom is 0.251 e. The van der Waals surface area contributed by atoms with Gasteiger partial charge in [0.15, 0.2) is 0 Å². The number of piperidine rings is 1. The van der Waals surface area contributed by atoms with Crippen LogP contribution in [0.4, 0.5) is 4.39 Å². The van der Waals surface area contributed by atoms with E-state index in [4.69, 9.17) is 4.98 Å². The minimum Gasteiger partial charge on any atom is -0.353 e. The van der Waals surface area contributed by atoms with Crippen molar-refractivity contribution >= 4 is 40.9 Å². The van der Waals surface area contributed by atoms with Crippen LogP contribution in [0.2, 0.25) is 0 Å². The number of benzene rings is 1. The molecule has 3 aliphatic rings. The van der Waals surface area contributed by atoms with Crippen LogP contribution < -0.4 is 10.6 Å². The van der Waals surface area contributed by atoms with Crippen LogP contribution in [0.1, 0.15) is 70.4 Å². The zero-order valence-electron chi connectivity index (χ0n) is 25.6. The van der Waals surface area contributed by atoms with Crippen molar-refractivity contribution in [2.24, 2.45) is 0 Å². The van der Waals surface area contributed by atoms with Crippen LogP contribution >= 0.6 is 11.3 Å². The topological polar surface area (TPSA) is 132 Å². The van der Waals surface area contributed by atoms with Crippen molar-refractivity contribution in [3.8, 4) is 0 Å². The third-order valence-electron chi connectivity index (χ3n) is 8.10. The highest BCUT2D eigenvalue weighted by atomic mass is 32.1. The Morgan fingerprint density at radius 2 is 1.80 bits per heavy atom. The van der Waals surface area contributed by atoms with Crippen molar-refractivity contribution in [3.63, 3.8) is 0 Å². The Hall–Kier alpha value is -3.87. The molecule has 0 spiro atoms. The van der Waals surface area contributed by atoms with Gasteiger partial charge in [-0.1, -0.05) is 0 Å². The second-order valence-corrected chi connectivity index (χ2v) is 12.9. The molecule has 4 bridgehead atoms. The highest BCUT2D eigenvalue weighted by molar-refractivity contribution is 7.11. The normalized spacial score (nSPS) is 19.6. The van der Waals surface area contributed by atoms with Gasteiger partial charge in [0.2, 0.25) is 23.6 Å². The largest absolute Gasteiger partial charge is 0.353 e. The molecule has 5 amide bonds. The van der Waals surface area contributed by atoms with Gasteiger partial charge in [0.1, 0.15) is 18.9 Å². The van der Waals surface area contributed by atoms with Gasteiger partial charge in [-0.05, 0) is 63.3 Å². The third-order valence-corrected chi connectivity index (χ3v) is 9.27. The van der Waals surface area contributed by atoms with Crippen molar-refractivity contribution in [1.82, 2.24) is 30.3 Å². The van der Waals surface area contributed by atoms with Crippen molar-refractivity contribution in [1.29, 1.82) is 0 Å². The molecule has 1 aromatic heterocycles. The lowest BCUT2D eigenvalue weighted by Crippen LogP contribution is -2.49. The van der Waals surface area contributed by atoms with E-state index in [2.05, 4.69) is 10.6 Å². The van der Waals surface area contributed by atoms with Gasteiger partial charge in [-0.2, -0.15) is 0 Å². The quantitative estimate of drug-likeness (QED) is 0.431. The van der Waals surface area contributed by atoms with Crippen molar-refractivity contribution in [2.45, 2.75) is 63.8 Å². The minimum absolute atomic E-state index is 0.0783. The number of hydrogen-bond donors (Lipinski definition) is 2. The molecule has 1 fully saturated rings. The number of aryl methyl sites for hydroxylation is 1. The van der Waals surface area contributed by atoms with Gasteiger partial charge in [-0.3, -0.25) is 24.0 Å². The number of rotatable bonds is 8. The summed E-state index contributed by atoms with van der Waals surface area (Å²) in [6, 6.07) is 4.74. The Balaban J connectivity index is 1.46. The van der Waals surface area contributed by atoms with Gasteiger partial charge in [0, 0.05) is 62.6 Å². The first-order valence-electron chi connectivity index (χ1n) is 15.0. The van der Waals surface area contributed by atoms with E-state index in [0.717, 1.165) is 28.4 Å². The summed E-state index contributed by atoms with van der Waals surface area (Å²) in [5.74, 6) is -1.67. The summed E-state index contributed by atoms with van der Waals surface area (Å²) in [7, 11) is 3.19. The van der Waals surface area contributed by atoms with Gasteiger partial charge in [-0.25, -0.2) is 9.37 Å². The Bertz CT molecular complexity index is 1360. The zero-order chi connectivity index (χ0) is 31.8. The molecule has 44 heavy (non-hydrogen) atoms. The molecule has 11 nitrogen and oxygen atoms in total. The molecule has 5 rings (SSSR count). The number of fused-ring (bicyclic) bond motifs is 10. The van der Waals surface area contributed by atoms with Crippen LogP contribution in [0.3, 0.4) is 0 Å². The first kappa shape index (κ1) is 33.0. The number of carbonyl (C=O) groups is 5. The zero-order valence-corrected chi connectivity index (χ0v) is 26.4. The number of likely N-dealkylation sites (N-methyl/N-ethyl adjacent to an activating group) is 1. The number of hydrogen-bond acceptors (Lipinski definition) is 7. The summed E-state index contributed by atoms with van der Waals surface area (Å²) in [6.45, 7) is 2.96. The van der Waals surface area contributed by atoms with E-state index < -0.39 is 17.8 Å². The average Bonchev–Trinajstić information content (AvgIpc) is 3.35. The summed E-state index contributed by atoms with van der Waals surface area (Å²) in [5, 5.41) is 6.78. The fourth-order valence-corrected chi connectivity index (χ4v) is 6.49. The van der Waals surface area contributed by atoms with E-state index in [1.54, 1.807) is 30.3 Å². The fourth-order valence-electron chi connectivity index (χ4n) is 5.38. The Morgan fingerprint density at radius 3 is 2.48 bits per heavy atom. The number of nitrogens with one attached hydrogen (secondary N) is 2. The van der Waals surface area contributed by atoms with Crippen LogP contribution in [0.25, 0.3) is 0 Å². The lowest BCUT2D eigenvalue weighted by molar-refractivity contribution is -0.145. The molecule has 0 radical (unpaired) electrons. The summed E-state index contributed by atoms with van der Waals surface area (Å²) in [5.41, 5.74) is 1.08. The Morgan fingerprint density at radius 1 is 1.09 bits per heavy atom. The number of amides is 5. The van der Waals surface area contributed by atoms with Gasteiger partial charge < -0.3 is 25.3 Å². The predicted molar refractivity (Wildman–Crippen MR) is 164 cm³/mol. The number of thiazole rings is 1. The van der Waals surface area contributed by atoms with Gasteiger partial charge in [-0.15, -0.1) is 11.3 Å². The molecule has 0 saturated carbocycles. The monoisotopic (exact) mass is 628 g/mol. The molecule has 2 aromatic rings. The number of halogens is 1. The molecule has 3 aliphatic heterocycles. The molecule has 0 aliphatic carbocycles. The second-order valence-electron chi connectivity index (χ2n) is 11.7. The number of carbonyl (C=O) groups excluding carboxylic acids is 5. The Kier molecular flexibility index (Phi) is 11.4. The minimum atomic E-state index is -0.544. The molecule has 238 valence electrons. The van der Waals surface area contributed by atoms with Crippen LogP contribution in [0.15, 0.2) is 24.3 Å². The number of unbranched alkanes of at least 4 members (excludes halogenated alkanes) is 1. The summed E-state index contributed by atoms with van der Waals surface area (Å²) in [6.07, 6.45) is 3.14. The average molecular weight is 629 g/mol. The van der Waals surface area contributed by atoms with E-state index in [1.807, 2.05) is 6.92 Å². The van der Waals surface area contributed by atoms with E-state index in [9.17, 15) is 28.4 Å². The van der Waals surface area contributed by atoms with Gasteiger partial charge in [0.05, 0.1) is 17.1 Å². The SMILES string of the molecule is Cc1sc2nc1CC(=O)N[C@@H](CCCCNC(=O)c1ccc(F)cc1)CC(=O)N(CC(=O)N(C)C)CC(=O)N1CCC2CC1. The summed E-state index contributed by atoms with van der Waals surface area (Å²) in [4.78, 5) is 75.2. The second kappa shape index (κ2) is 15.2. The van der Waals surface area contributed by atoms with E-state index in [0.29, 0.717) is 44.5 Å². The predicted octanol–water partition coefficient (Wildman–Crippen LogP) is 2.24. The molecule has 1 aromatic carbocycles. The maximum absolute atomic E-state index is 13.6. The van der Waals surface area contributed by atoms with Crippen LogP contribution in [-0.4, -0.2) is 102 Å². The van der Waals surface area contributed by atoms with Crippen LogP contribution in [0.5, 0.6) is 0 Å².